The molecule has 8 heteroatoms. The number of nitrogens with zero attached hydrogens (tertiary/aromatic N) is 1. The standard InChI is InChI=1S/C40H55N2O5P/c1-7-31(33-24-26-37(27-25-33)47-48(6,45)46-36-21-15-11-16-22-36)28-34(32-18-13-10-14-19-32)20-12-8-9-17-23-38(43)41-35-29-39(2,3)42(44)40(4,5)30-35/h8,10-16,18-19,21-22,24-27,31,34-35,44H,7,9,17,20,23,28-30H2,1-6H3,(H,41,43)/b12-8+. The van der Waals surface area contributed by atoms with E-state index in [0.29, 0.717) is 29.8 Å². The number of para-hydroxylation sites is 1. The van der Waals surface area contributed by atoms with E-state index < -0.39 is 7.60 Å². The molecule has 1 amide bonds. The van der Waals surface area contributed by atoms with Gasteiger partial charge in [0, 0.05) is 23.5 Å². The van der Waals surface area contributed by atoms with Crippen LogP contribution in [0.2, 0.25) is 0 Å². The molecule has 0 saturated carbocycles. The first-order valence-corrected chi connectivity index (χ1v) is 19.4. The fourth-order valence-electron chi connectivity index (χ4n) is 7.09. The maximum Gasteiger partial charge on any atom is 0.427 e. The Hall–Kier alpha value is -3.38. The lowest BCUT2D eigenvalue weighted by atomic mass is 9.79. The summed E-state index contributed by atoms with van der Waals surface area (Å²) < 4.78 is 24.4. The Morgan fingerprint density at radius 2 is 1.42 bits per heavy atom. The zero-order valence-electron chi connectivity index (χ0n) is 29.6. The van der Waals surface area contributed by atoms with E-state index in [0.717, 1.165) is 44.9 Å². The minimum absolute atomic E-state index is 0.0605. The summed E-state index contributed by atoms with van der Waals surface area (Å²) in [5.41, 5.74) is 1.79. The second-order valence-corrected chi connectivity index (χ2v) is 16.4. The van der Waals surface area contributed by atoms with Crippen molar-refractivity contribution in [1.82, 2.24) is 10.4 Å². The van der Waals surface area contributed by atoms with Crippen molar-refractivity contribution in [1.29, 1.82) is 0 Å². The number of nitrogens with one attached hydrogen (secondary N) is 1. The Bertz CT molecular complexity index is 1490. The number of benzene rings is 3. The van der Waals surface area contributed by atoms with Gasteiger partial charge in [-0.05, 0) is 120 Å². The molecule has 3 unspecified atom stereocenters. The first kappa shape index (κ1) is 37.4. The van der Waals surface area contributed by atoms with Crippen LogP contribution < -0.4 is 14.4 Å². The second kappa shape index (κ2) is 16.8. The molecule has 1 saturated heterocycles. The largest absolute Gasteiger partial charge is 0.427 e. The third-order valence-electron chi connectivity index (χ3n) is 9.34. The number of hydrogen-bond donors (Lipinski definition) is 2. The summed E-state index contributed by atoms with van der Waals surface area (Å²) in [6, 6.07) is 27.7. The number of carbonyl (C=O) groups excluding carboxylic acids is 1. The summed E-state index contributed by atoms with van der Waals surface area (Å²) >= 11 is 0. The van der Waals surface area contributed by atoms with E-state index in [2.05, 4.69) is 66.9 Å². The van der Waals surface area contributed by atoms with Crippen LogP contribution in [0.1, 0.15) is 109 Å². The van der Waals surface area contributed by atoms with Crippen LogP contribution in [-0.4, -0.2) is 40.0 Å². The molecular formula is C40H55N2O5P. The molecule has 0 spiro atoms. The molecule has 7 nitrogen and oxygen atoms in total. The van der Waals surface area contributed by atoms with Crippen LogP contribution in [0.5, 0.6) is 11.5 Å². The van der Waals surface area contributed by atoms with Crippen molar-refractivity contribution in [3.05, 3.63) is 108 Å². The van der Waals surface area contributed by atoms with Gasteiger partial charge in [0.05, 0.1) is 6.66 Å². The molecule has 1 aliphatic heterocycles. The lowest BCUT2D eigenvalue weighted by Crippen LogP contribution is -2.62. The molecule has 3 aromatic carbocycles. The Morgan fingerprint density at radius 3 is 2.00 bits per heavy atom. The zero-order chi connectivity index (χ0) is 34.8. The monoisotopic (exact) mass is 674 g/mol. The number of rotatable bonds is 16. The van der Waals surface area contributed by atoms with Crippen LogP contribution in [0.3, 0.4) is 0 Å². The van der Waals surface area contributed by atoms with Crippen LogP contribution in [0.4, 0.5) is 0 Å². The SMILES string of the molecule is CCC(CC(C/C=C/CCCC(=O)NC1CC(C)(C)N(O)C(C)(C)C1)c1ccccc1)c1ccc(OP(C)(=O)Oc2ccccc2)cc1. The highest BCUT2D eigenvalue weighted by Crippen LogP contribution is 2.45. The number of allylic oxidation sites excluding steroid dienone is 2. The lowest BCUT2D eigenvalue weighted by Gasteiger charge is -2.51. The minimum atomic E-state index is -3.33. The van der Waals surface area contributed by atoms with Gasteiger partial charge in [-0.25, -0.2) is 4.57 Å². The van der Waals surface area contributed by atoms with Crippen LogP contribution in [0.15, 0.2) is 97.1 Å². The van der Waals surface area contributed by atoms with Gasteiger partial charge in [-0.1, -0.05) is 79.7 Å². The fourth-order valence-corrected chi connectivity index (χ4v) is 8.14. The molecule has 0 aliphatic carbocycles. The topological polar surface area (TPSA) is 88.1 Å². The summed E-state index contributed by atoms with van der Waals surface area (Å²) in [5, 5.41) is 15.2. The molecule has 0 aromatic heterocycles. The minimum Gasteiger partial charge on any atom is -0.416 e. The normalized spacial score (nSPS) is 18.9. The predicted molar refractivity (Wildman–Crippen MR) is 195 cm³/mol. The molecule has 3 aromatic rings. The summed E-state index contributed by atoms with van der Waals surface area (Å²) in [4.78, 5) is 12.8. The quantitative estimate of drug-likeness (QED) is 0.0893. The van der Waals surface area contributed by atoms with Gasteiger partial charge in [0.1, 0.15) is 11.5 Å². The molecule has 1 fully saturated rings. The highest BCUT2D eigenvalue weighted by molar-refractivity contribution is 7.53. The van der Waals surface area contributed by atoms with Gasteiger partial charge in [0.15, 0.2) is 0 Å². The van der Waals surface area contributed by atoms with Gasteiger partial charge in [-0.3, -0.25) is 4.79 Å². The van der Waals surface area contributed by atoms with Gasteiger partial charge in [0.25, 0.3) is 0 Å². The van der Waals surface area contributed by atoms with Gasteiger partial charge < -0.3 is 19.6 Å². The maximum absolute atomic E-state index is 13.0. The maximum atomic E-state index is 13.0. The van der Waals surface area contributed by atoms with Crippen molar-refractivity contribution in [3.63, 3.8) is 0 Å². The van der Waals surface area contributed by atoms with Crippen LogP contribution in [0.25, 0.3) is 0 Å². The number of unbranched alkanes of at least 4 members (excludes halogenated alkanes) is 1. The van der Waals surface area contributed by atoms with Crippen molar-refractivity contribution in [2.75, 3.05) is 6.66 Å². The Balaban J connectivity index is 1.29. The average Bonchev–Trinajstić information content (AvgIpc) is 3.03. The van der Waals surface area contributed by atoms with E-state index in [4.69, 9.17) is 9.05 Å². The molecule has 3 atom stereocenters. The summed E-state index contributed by atoms with van der Waals surface area (Å²) in [7, 11) is -3.33. The van der Waals surface area contributed by atoms with Gasteiger partial charge in [-0.2, -0.15) is 5.06 Å². The molecule has 0 bridgehead atoms. The van der Waals surface area contributed by atoms with Crippen molar-refractivity contribution >= 4 is 13.5 Å². The number of carbonyl (C=O) groups is 1. The summed E-state index contributed by atoms with van der Waals surface area (Å²) in [6.45, 7) is 11.8. The third-order valence-corrected chi connectivity index (χ3v) is 10.4. The Kier molecular flexibility index (Phi) is 13.1. The first-order valence-electron chi connectivity index (χ1n) is 17.4. The van der Waals surface area contributed by atoms with Gasteiger partial charge >= 0.3 is 7.60 Å². The lowest BCUT2D eigenvalue weighted by molar-refractivity contribution is -0.246. The van der Waals surface area contributed by atoms with E-state index in [9.17, 15) is 14.6 Å². The smallest absolute Gasteiger partial charge is 0.416 e. The number of piperidine rings is 1. The molecule has 48 heavy (non-hydrogen) atoms. The number of hydroxylamine groups is 2. The van der Waals surface area contributed by atoms with Gasteiger partial charge in [-0.15, -0.1) is 0 Å². The number of hydrogen-bond acceptors (Lipinski definition) is 6. The molecule has 260 valence electrons. The van der Waals surface area contributed by atoms with Crippen LogP contribution in [0, 0.1) is 0 Å². The van der Waals surface area contributed by atoms with Crippen molar-refractivity contribution < 1.29 is 23.6 Å². The van der Waals surface area contributed by atoms with Crippen molar-refractivity contribution in [3.8, 4) is 11.5 Å². The molecule has 1 aliphatic rings. The molecule has 2 N–H and O–H groups in total. The molecule has 4 rings (SSSR count). The Morgan fingerprint density at radius 1 is 0.875 bits per heavy atom. The third kappa shape index (κ3) is 11.1. The summed E-state index contributed by atoms with van der Waals surface area (Å²) in [6.07, 6.45) is 11.0. The van der Waals surface area contributed by atoms with Crippen LogP contribution >= 0.6 is 7.60 Å². The highest BCUT2D eigenvalue weighted by Gasteiger charge is 2.45. The highest BCUT2D eigenvalue weighted by atomic mass is 31.2. The predicted octanol–water partition coefficient (Wildman–Crippen LogP) is 10.3. The fraction of sp³-hybridized carbons (Fsp3) is 0.475. The van der Waals surface area contributed by atoms with Crippen molar-refractivity contribution in [2.24, 2.45) is 0 Å². The zero-order valence-corrected chi connectivity index (χ0v) is 30.5. The summed E-state index contributed by atoms with van der Waals surface area (Å²) in [5.74, 6) is 1.83. The molecular weight excluding hydrogens is 619 g/mol. The van der Waals surface area contributed by atoms with E-state index in [-0.39, 0.29) is 23.0 Å². The van der Waals surface area contributed by atoms with E-state index in [1.54, 1.807) is 12.1 Å². The molecule has 1 heterocycles. The second-order valence-electron chi connectivity index (χ2n) is 14.5. The van der Waals surface area contributed by atoms with E-state index >= 15 is 0 Å². The van der Waals surface area contributed by atoms with Crippen LogP contribution in [-0.2, 0) is 9.36 Å². The van der Waals surface area contributed by atoms with Crippen molar-refractivity contribution in [2.45, 2.75) is 115 Å². The van der Waals surface area contributed by atoms with Gasteiger partial charge in [0.2, 0.25) is 5.91 Å². The Labute approximate surface area is 288 Å². The average molecular weight is 675 g/mol. The first-order chi connectivity index (χ1) is 22.8. The molecule has 0 radical (unpaired) electrons. The van der Waals surface area contributed by atoms with E-state index in [1.807, 2.05) is 58.0 Å². The van der Waals surface area contributed by atoms with E-state index in [1.165, 1.54) is 22.9 Å². The number of amides is 1.